The van der Waals surface area contributed by atoms with E-state index in [0.29, 0.717) is 50.4 Å². The number of alkyl carbamates (subject to hydrolysis) is 1. The van der Waals surface area contributed by atoms with Crippen molar-refractivity contribution in [3.63, 3.8) is 0 Å². The molecule has 0 spiro atoms. The van der Waals surface area contributed by atoms with Crippen LogP contribution in [0.15, 0.2) is 28.8 Å². The monoisotopic (exact) mass is 471 g/mol. The van der Waals surface area contributed by atoms with Gasteiger partial charge in [-0.2, -0.15) is 4.98 Å². The Balaban J connectivity index is 1.52. The molecule has 1 saturated heterocycles. The molecule has 0 radical (unpaired) electrons. The van der Waals surface area contributed by atoms with E-state index in [1.54, 1.807) is 13.8 Å². The quantitative estimate of drug-likeness (QED) is 0.682. The lowest BCUT2D eigenvalue weighted by Crippen LogP contribution is -2.48. The summed E-state index contributed by atoms with van der Waals surface area (Å²) in [6, 6.07) is 7.88. The number of benzene rings is 1. The number of piperazine rings is 1. The first kappa shape index (κ1) is 25.7. The van der Waals surface area contributed by atoms with Crippen molar-refractivity contribution in [1.29, 1.82) is 0 Å². The van der Waals surface area contributed by atoms with Crippen LogP contribution in [0.3, 0.4) is 0 Å². The zero-order valence-corrected chi connectivity index (χ0v) is 21.3. The summed E-state index contributed by atoms with van der Waals surface area (Å²) < 4.78 is 10.8. The average molecular weight is 472 g/mol. The minimum Gasteiger partial charge on any atom is -0.444 e. The van der Waals surface area contributed by atoms with Crippen molar-refractivity contribution < 1.29 is 18.8 Å². The lowest BCUT2D eigenvalue weighted by molar-refractivity contribution is 0.0464. The second-order valence-electron chi connectivity index (χ2n) is 10.6. The summed E-state index contributed by atoms with van der Waals surface area (Å²) >= 11 is 0. The lowest BCUT2D eigenvalue weighted by Gasteiger charge is -2.34. The second-order valence-corrected chi connectivity index (χ2v) is 10.6. The van der Waals surface area contributed by atoms with Crippen molar-refractivity contribution in [3.05, 3.63) is 47.1 Å². The summed E-state index contributed by atoms with van der Waals surface area (Å²) in [5, 5.41) is 6.84. The molecule has 3 rings (SSSR count). The van der Waals surface area contributed by atoms with Gasteiger partial charge in [-0.05, 0) is 58.2 Å². The molecule has 2 aromatic rings. The van der Waals surface area contributed by atoms with E-state index in [-0.39, 0.29) is 5.91 Å². The van der Waals surface area contributed by atoms with Gasteiger partial charge in [0.25, 0.3) is 5.91 Å². The third-order valence-electron chi connectivity index (χ3n) is 5.68. The maximum atomic E-state index is 12.9. The standard InChI is InChI=1S/C25H37N5O4/c1-17(2)18-8-10-19(11-9-18)21(31)30-14-12-29(13-15-30)16-20-26-22(28-34-20)25(6,7)27-23(32)33-24(3,4)5/h8-11,17H,12-16H2,1-7H3,(H,27,32). The van der Waals surface area contributed by atoms with Gasteiger partial charge < -0.3 is 19.5 Å². The summed E-state index contributed by atoms with van der Waals surface area (Å²) in [4.78, 5) is 33.5. The van der Waals surface area contributed by atoms with Gasteiger partial charge in [-0.1, -0.05) is 31.1 Å². The van der Waals surface area contributed by atoms with E-state index in [1.165, 1.54) is 5.56 Å². The van der Waals surface area contributed by atoms with Gasteiger partial charge in [0, 0.05) is 31.7 Å². The average Bonchev–Trinajstić information content (AvgIpc) is 3.21. The van der Waals surface area contributed by atoms with Gasteiger partial charge in [0.1, 0.15) is 11.1 Å². The number of amides is 2. The van der Waals surface area contributed by atoms with E-state index < -0.39 is 17.2 Å². The predicted molar refractivity (Wildman–Crippen MR) is 128 cm³/mol. The van der Waals surface area contributed by atoms with Crippen molar-refractivity contribution in [1.82, 2.24) is 25.3 Å². The molecular weight excluding hydrogens is 434 g/mol. The number of rotatable bonds is 6. The van der Waals surface area contributed by atoms with Crippen LogP contribution in [0.25, 0.3) is 0 Å². The molecule has 1 aromatic heterocycles. The first-order valence-electron chi connectivity index (χ1n) is 11.8. The minimum atomic E-state index is -0.847. The van der Waals surface area contributed by atoms with Crippen LogP contribution in [0.1, 0.15) is 82.0 Å². The zero-order valence-electron chi connectivity index (χ0n) is 21.3. The second kappa shape index (κ2) is 10.1. The van der Waals surface area contributed by atoms with Crippen LogP contribution < -0.4 is 5.32 Å². The molecule has 1 aromatic carbocycles. The Hall–Kier alpha value is -2.94. The normalized spacial score (nSPS) is 15.5. The smallest absolute Gasteiger partial charge is 0.408 e. The molecule has 9 heteroatoms. The molecular formula is C25H37N5O4. The van der Waals surface area contributed by atoms with Gasteiger partial charge in [0.05, 0.1) is 6.54 Å². The van der Waals surface area contributed by atoms with Crippen molar-refractivity contribution in [2.75, 3.05) is 26.2 Å². The van der Waals surface area contributed by atoms with E-state index in [1.807, 2.05) is 49.9 Å². The number of ether oxygens (including phenoxy) is 1. The lowest BCUT2D eigenvalue weighted by atomic mass is 10.0. The zero-order chi connectivity index (χ0) is 25.1. The highest BCUT2D eigenvalue weighted by molar-refractivity contribution is 5.94. The fourth-order valence-electron chi connectivity index (χ4n) is 3.68. The first-order valence-corrected chi connectivity index (χ1v) is 11.8. The molecule has 0 atom stereocenters. The van der Waals surface area contributed by atoms with Gasteiger partial charge in [0.2, 0.25) is 5.89 Å². The van der Waals surface area contributed by atoms with Crippen molar-refractivity contribution in [2.45, 2.75) is 72.1 Å². The van der Waals surface area contributed by atoms with Crippen molar-refractivity contribution in [2.24, 2.45) is 0 Å². The van der Waals surface area contributed by atoms with Gasteiger partial charge in [0.15, 0.2) is 5.82 Å². The first-order chi connectivity index (χ1) is 15.8. The summed E-state index contributed by atoms with van der Waals surface area (Å²) in [7, 11) is 0. The fourth-order valence-corrected chi connectivity index (χ4v) is 3.68. The highest BCUT2D eigenvalue weighted by Crippen LogP contribution is 2.20. The van der Waals surface area contributed by atoms with Crippen LogP contribution in [0.4, 0.5) is 4.79 Å². The summed E-state index contributed by atoms with van der Waals surface area (Å²) in [6.07, 6.45) is -0.538. The Morgan fingerprint density at radius 3 is 2.24 bits per heavy atom. The molecule has 2 heterocycles. The molecule has 1 fully saturated rings. The third kappa shape index (κ3) is 6.79. The molecule has 0 saturated carbocycles. The largest absolute Gasteiger partial charge is 0.444 e. The Kier molecular flexibility index (Phi) is 7.65. The maximum absolute atomic E-state index is 12.9. The van der Waals surface area contributed by atoms with Crippen LogP contribution in [0.2, 0.25) is 0 Å². The summed E-state index contributed by atoms with van der Waals surface area (Å²) in [5.74, 6) is 1.35. The summed E-state index contributed by atoms with van der Waals surface area (Å²) in [5.41, 5.74) is 0.508. The fraction of sp³-hybridized carbons (Fsp3) is 0.600. The van der Waals surface area contributed by atoms with Gasteiger partial charge in [-0.25, -0.2) is 4.79 Å². The molecule has 186 valence electrons. The SMILES string of the molecule is CC(C)c1ccc(C(=O)N2CCN(Cc3nc(C(C)(C)NC(=O)OC(C)(C)C)no3)CC2)cc1. The number of hydrogen-bond acceptors (Lipinski definition) is 7. The van der Waals surface area contributed by atoms with Crippen LogP contribution in [0.5, 0.6) is 0 Å². The Labute approximate surface area is 201 Å². The van der Waals surface area contributed by atoms with E-state index in [9.17, 15) is 9.59 Å². The van der Waals surface area contributed by atoms with Crippen LogP contribution in [-0.2, 0) is 16.8 Å². The van der Waals surface area contributed by atoms with E-state index in [0.717, 1.165) is 5.56 Å². The molecule has 9 nitrogen and oxygen atoms in total. The molecule has 0 bridgehead atoms. The number of aromatic nitrogens is 2. The van der Waals surface area contributed by atoms with Gasteiger partial charge >= 0.3 is 6.09 Å². The highest BCUT2D eigenvalue weighted by Gasteiger charge is 2.31. The number of hydrogen-bond donors (Lipinski definition) is 1. The molecule has 34 heavy (non-hydrogen) atoms. The van der Waals surface area contributed by atoms with E-state index in [2.05, 4.69) is 34.2 Å². The third-order valence-corrected chi connectivity index (χ3v) is 5.68. The van der Waals surface area contributed by atoms with Crippen LogP contribution in [-0.4, -0.2) is 63.7 Å². The van der Waals surface area contributed by atoms with Gasteiger partial charge in [-0.15, -0.1) is 0 Å². The van der Waals surface area contributed by atoms with E-state index in [4.69, 9.17) is 9.26 Å². The van der Waals surface area contributed by atoms with E-state index >= 15 is 0 Å². The number of nitrogens with one attached hydrogen (secondary N) is 1. The molecule has 1 N–H and O–H groups in total. The molecule has 1 aliphatic heterocycles. The minimum absolute atomic E-state index is 0.0602. The molecule has 0 aliphatic carbocycles. The van der Waals surface area contributed by atoms with Crippen LogP contribution in [0, 0.1) is 0 Å². The molecule has 2 amide bonds. The molecule has 0 unspecified atom stereocenters. The van der Waals surface area contributed by atoms with Crippen molar-refractivity contribution >= 4 is 12.0 Å². The number of carbonyl (C=O) groups is 2. The van der Waals surface area contributed by atoms with Gasteiger partial charge in [-0.3, -0.25) is 9.69 Å². The Morgan fingerprint density at radius 2 is 1.68 bits per heavy atom. The predicted octanol–water partition coefficient (Wildman–Crippen LogP) is 3.91. The number of nitrogens with zero attached hydrogens (tertiary/aromatic N) is 4. The Bertz CT molecular complexity index is 983. The Morgan fingerprint density at radius 1 is 1.06 bits per heavy atom. The topological polar surface area (TPSA) is 101 Å². The summed E-state index contributed by atoms with van der Waals surface area (Å²) in [6.45, 7) is 16.5. The molecule has 1 aliphatic rings. The van der Waals surface area contributed by atoms with Crippen molar-refractivity contribution in [3.8, 4) is 0 Å². The maximum Gasteiger partial charge on any atom is 0.408 e. The highest BCUT2D eigenvalue weighted by atomic mass is 16.6. The van der Waals surface area contributed by atoms with Crippen LogP contribution >= 0.6 is 0 Å². The number of carbonyl (C=O) groups excluding carboxylic acids is 2.